The van der Waals surface area contributed by atoms with Gasteiger partial charge in [-0.05, 0) is 54.7 Å². The summed E-state index contributed by atoms with van der Waals surface area (Å²) >= 11 is 0. The van der Waals surface area contributed by atoms with Crippen LogP contribution in [0.5, 0.6) is 0 Å². The fourth-order valence-corrected chi connectivity index (χ4v) is 5.57. The van der Waals surface area contributed by atoms with Crippen molar-refractivity contribution in [2.75, 3.05) is 13.1 Å². The molecule has 1 aliphatic rings. The molecule has 4 nitrogen and oxygen atoms in total. The van der Waals surface area contributed by atoms with Crippen LogP contribution in [0.4, 0.5) is 13.2 Å². The summed E-state index contributed by atoms with van der Waals surface area (Å²) in [6.07, 6.45) is 3.65. The van der Waals surface area contributed by atoms with Crippen LogP contribution in [0, 0.1) is 6.92 Å². The summed E-state index contributed by atoms with van der Waals surface area (Å²) in [4.78, 5) is 1.80. The van der Waals surface area contributed by atoms with Crippen LogP contribution in [0.15, 0.2) is 78.2 Å². The lowest BCUT2D eigenvalue weighted by Crippen LogP contribution is -2.37. The molecule has 1 heterocycles. The van der Waals surface area contributed by atoms with E-state index in [1.807, 2.05) is 49.4 Å². The Kier molecular flexibility index (Phi) is 8.17. The van der Waals surface area contributed by atoms with Crippen molar-refractivity contribution in [3.63, 3.8) is 0 Å². The molecule has 1 N–H and O–H groups in total. The molecule has 0 spiro atoms. The summed E-state index contributed by atoms with van der Waals surface area (Å²) in [5, 5.41) is 0. The van der Waals surface area contributed by atoms with E-state index in [1.165, 1.54) is 13.0 Å². The number of allylic oxidation sites excluding steroid dienone is 5. The molecule has 1 unspecified atom stereocenters. The minimum Gasteiger partial charge on any atom is -0.297 e. The highest BCUT2D eigenvalue weighted by Gasteiger charge is 2.33. The van der Waals surface area contributed by atoms with Gasteiger partial charge < -0.3 is 0 Å². The van der Waals surface area contributed by atoms with Crippen molar-refractivity contribution in [2.24, 2.45) is 0 Å². The van der Waals surface area contributed by atoms with Gasteiger partial charge in [-0.3, -0.25) is 4.90 Å². The lowest BCUT2D eigenvalue weighted by molar-refractivity contribution is -0.137. The van der Waals surface area contributed by atoms with Crippen molar-refractivity contribution in [1.29, 1.82) is 0 Å². The van der Waals surface area contributed by atoms with Gasteiger partial charge in [-0.1, -0.05) is 61.2 Å². The molecular formula is C26H29F3N2O2S. The lowest BCUT2D eigenvalue weighted by Gasteiger charge is -2.18. The van der Waals surface area contributed by atoms with E-state index in [0.717, 1.165) is 22.8 Å². The van der Waals surface area contributed by atoms with Crippen molar-refractivity contribution < 1.29 is 21.6 Å². The Morgan fingerprint density at radius 2 is 1.91 bits per heavy atom. The Balaban J connectivity index is 1.65. The predicted octanol–water partition coefficient (Wildman–Crippen LogP) is 5.71. The third-order valence-electron chi connectivity index (χ3n) is 5.74. The fraction of sp³-hybridized carbons (Fsp3) is 0.308. The van der Waals surface area contributed by atoms with Crippen molar-refractivity contribution in [1.82, 2.24) is 9.62 Å². The zero-order valence-electron chi connectivity index (χ0n) is 19.3. The largest absolute Gasteiger partial charge is 0.416 e. The molecule has 1 saturated heterocycles. The van der Waals surface area contributed by atoms with Crippen molar-refractivity contribution in [3.05, 3.63) is 95.6 Å². The van der Waals surface area contributed by atoms with Crippen molar-refractivity contribution in [3.8, 4) is 0 Å². The molecule has 1 aliphatic heterocycles. The molecule has 0 aliphatic carbocycles. The maximum Gasteiger partial charge on any atom is 0.416 e. The average Bonchev–Trinajstić information content (AvgIpc) is 3.19. The first-order chi connectivity index (χ1) is 16.0. The van der Waals surface area contributed by atoms with Gasteiger partial charge in [0.25, 0.3) is 0 Å². The van der Waals surface area contributed by atoms with Gasteiger partial charge in [-0.15, -0.1) is 0 Å². The Morgan fingerprint density at radius 1 is 1.21 bits per heavy atom. The summed E-state index contributed by atoms with van der Waals surface area (Å²) in [6.45, 7) is 9.03. The van der Waals surface area contributed by atoms with Crippen LogP contribution in [0.2, 0.25) is 0 Å². The number of likely N-dealkylation sites (tertiary alicyclic amines) is 1. The zero-order valence-corrected chi connectivity index (χ0v) is 20.1. The van der Waals surface area contributed by atoms with Gasteiger partial charge in [0, 0.05) is 25.7 Å². The third-order valence-corrected chi connectivity index (χ3v) is 7.40. The second-order valence-electron chi connectivity index (χ2n) is 8.37. The van der Waals surface area contributed by atoms with E-state index in [1.54, 1.807) is 6.08 Å². The Hall–Kier alpha value is -2.68. The monoisotopic (exact) mass is 490 g/mol. The Bertz CT molecular complexity index is 1180. The van der Waals surface area contributed by atoms with E-state index in [9.17, 15) is 21.6 Å². The Labute approximate surface area is 199 Å². The molecule has 3 rings (SSSR count). The van der Waals surface area contributed by atoms with Gasteiger partial charge in [0.2, 0.25) is 10.0 Å². The predicted molar refractivity (Wildman–Crippen MR) is 130 cm³/mol. The SMILES string of the molecule is C=CC=C(C=CC)c1ccc(CN2CCC(NS(=O)(=O)c3cc(C(F)(F)F)ccc3C)C2)cc1. The van der Waals surface area contributed by atoms with Crippen LogP contribution in [-0.2, 0) is 22.7 Å². The topological polar surface area (TPSA) is 49.4 Å². The summed E-state index contributed by atoms with van der Waals surface area (Å²) in [6, 6.07) is 10.6. The summed E-state index contributed by atoms with van der Waals surface area (Å²) < 4.78 is 67.5. The van der Waals surface area contributed by atoms with E-state index in [-0.39, 0.29) is 16.5 Å². The van der Waals surface area contributed by atoms with Crippen molar-refractivity contribution >= 4 is 15.6 Å². The minimum atomic E-state index is -4.60. The molecule has 2 aromatic rings. The second-order valence-corrected chi connectivity index (χ2v) is 10.1. The molecule has 8 heteroatoms. The molecule has 34 heavy (non-hydrogen) atoms. The van der Waals surface area contributed by atoms with Crippen LogP contribution in [0.3, 0.4) is 0 Å². The number of nitrogens with one attached hydrogen (secondary N) is 1. The van der Waals surface area contributed by atoms with Gasteiger partial charge >= 0.3 is 6.18 Å². The summed E-state index contributed by atoms with van der Waals surface area (Å²) in [5.41, 5.74) is 2.53. The minimum absolute atomic E-state index is 0.276. The second kappa shape index (κ2) is 10.7. The number of aryl methyl sites for hydroxylation is 1. The molecule has 0 radical (unpaired) electrons. The zero-order chi connectivity index (χ0) is 24.9. The number of sulfonamides is 1. The number of alkyl halides is 3. The molecular weight excluding hydrogens is 461 g/mol. The quantitative estimate of drug-likeness (QED) is 0.482. The maximum absolute atomic E-state index is 13.1. The van der Waals surface area contributed by atoms with Gasteiger partial charge in [0.15, 0.2) is 0 Å². The van der Waals surface area contributed by atoms with Gasteiger partial charge in [0.1, 0.15) is 0 Å². The van der Waals surface area contributed by atoms with E-state index in [4.69, 9.17) is 0 Å². The standard InChI is InChI=1S/C26H29F3N2O2S/c1-4-6-21(7-5-2)22-11-9-20(10-12-22)17-31-15-14-24(18-31)30-34(32,33)25-16-23(26(27,28)29)13-8-19(25)3/h4-13,16,24,30H,1,14-15,17-18H2,2-3H3. The smallest absolute Gasteiger partial charge is 0.297 e. The van der Waals surface area contributed by atoms with E-state index in [2.05, 4.69) is 16.2 Å². The molecule has 0 aromatic heterocycles. The molecule has 0 bridgehead atoms. The van der Waals surface area contributed by atoms with Crippen LogP contribution in [0.25, 0.3) is 5.57 Å². The van der Waals surface area contributed by atoms with E-state index < -0.39 is 21.8 Å². The summed E-state index contributed by atoms with van der Waals surface area (Å²) in [5.74, 6) is 0. The highest BCUT2D eigenvalue weighted by atomic mass is 32.2. The number of benzene rings is 2. The van der Waals surface area contributed by atoms with Gasteiger partial charge in [0.05, 0.1) is 10.5 Å². The van der Waals surface area contributed by atoms with Crippen LogP contribution in [0.1, 0.15) is 35.6 Å². The first-order valence-corrected chi connectivity index (χ1v) is 12.5. The van der Waals surface area contributed by atoms with Crippen LogP contribution >= 0.6 is 0 Å². The number of hydrogen-bond acceptors (Lipinski definition) is 3. The number of nitrogens with zero attached hydrogens (tertiary/aromatic N) is 1. The van der Waals surface area contributed by atoms with Gasteiger partial charge in [-0.25, -0.2) is 13.1 Å². The average molecular weight is 491 g/mol. The van der Waals surface area contributed by atoms with Crippen LogP contribution < -0.4 is 4.72 Å². The molecule has 2 aromatic carbocycles. The fourth-order valence-electron chi connectivity index (χ4n) is 4.04. The molecule has 0 saturated carbocycles. The number of hydrogen-bond donors (Lipinski definition) is 1. The molecule has 1 atom stereocenters. The molecule has 182 valence electrons. The Morgan fingerprint density at radius 3 is 2.53 bits per heavy atom. The highest BCUT2D eigenvalue weighted by Crippen LogP contribution is 2.32. The third kappa shape index (κ3) is 6.46. The number of rotatable bonds is 8. The maximum atomic E-state index is 13.1. The van der Waals surface area contributed by atoms with E-state index in [0.29, 0.717) is 32.1 Å². The van der Waals surface area contributed by atoms with Crippen LogP contribution in [-0.4, -0.2) is 32.4 Å². The lowest BCUT2D eigenvalue weighted by atomic mass is 10.0. The van der Waals surface area contributed by atoms with Gasteiger partial charge in [-0.2, -0.15) is 13.2 Å². The molecule has 1 fully saturated rings. The number of halogens is 3. The normalized spacial score (nSPS) is 18.0. The summed E-state index contributed by atoms with van der Waals surface area (Å²) in [7, 11) is -4.08. The van der Waals surface area contributed by atoms with E-state index >= 15 is 0 Å². The first-order valence-electron chi connectivity index (χ1n) is 11.0. The highest BCUT2D eigenvalue weighted by molar-refractivity contribution is 7.89. The molecule has 0 amide bonds. The first kappa shape index (κ1) is 25.9. The van der Waals surface area contributed by atoms with Crippen molar-refractivity contribution in [2.45, 2.75) is 43.9 Å².